The minimum absolute atomic E-state index is 0.305. The summed E-state index contributed by atoms with van der Waals surface area (Å²) in [4.78, 5) is 23.6. The molecular weight excluding hydrogens is 542 g/mol. The number of nitrogens with zero attached hydrogens (tertiary/aromatic N) is 3. The molecule has 1 amide bonds. The smallest absolute Gasteiger partial charge is 0.490 e. The van der Waals surface area contributed by atoms with Crippen molar-refractivity contribution in [1.29, 1.82) is 0 Å². The van der Waals surface area contributed by atoms with Crippen molar-refractivity contribution in [2.75, 3.05) is 57.1 Å². The number of carbonyl (C=O) groups is 2. The average molecular weight is 570 g/mol. The fraction of sp³-hybridized carbons (Fsp3) is 0.360. The van der Waals surface area contributed by atoms with E-state index in [2.05, 4.69) is 25.7 Å². The highest BCUT2D eigenvalue weighted by Crippen LogP contribution is 2.32. The van der Waals surface area contributed by atoms with E-state index in [1.807, 2.05) is 0 Å². The van der Waals surface area contributed by atoms with Gasteiger partial charge in [0.05, 0.1) is 25.9 Å². The third-order valence-corrected chi connectivity index (χ3v) is 5.49. The molecule has 2 heterocycles. The lowest BCUT2D eigenvalue weighted by atomic mass is 10.1. The molecule has 3 aromatic rings. The Morgan fingerprint density at radius 2 is 1.77 bits per heavy atom. The molecule has 3 N–H and O–H groups in total. The molecule has 11 nitrogen and oxygen atoms in total. The fourth-order valence-electron chi connectivity index (χ4n) is 3.48. The van der Waals surface area contributed by atoms with Crippen LogP contribution in [0.15, 0.2) is 46.9 Å². The number of halogens is 4. The molecule has 1 aliphatic heterocycles. The van der Waals surface area contributed by atoms with Crippen molar-refractivity contribution in [2.45, 2.75) is 12.6 Å². The van der Waals surface area contributed by atoms with Gasteiger partial charge >= 0.3 is 18.2 Å². The van der Waals surface area contributed by atoms with E-state index in [9.17, 15) is 22.4 Å². The van der Waals surface area contributed by atoms with Crippen LogP contribution in [0.3, 0.4) is 0 Å². The Labute approximate surface area is 226 Å². The van der Waals surface area contributed by atoms with Crippen LogP contribution in [-0.4, -0.2) is 84.8 Å². The van der Waals surface area contributed by atoms with Gasteiger partial charge in [0.2, 0.25) is 0 Å². The van der Waals surface area contributed by atoms with Crippen LogP contribution >= 0.6 is 0 Å². The van der Waals surface area contributed by atoms with Gasteiger partial charge in [-0.15, -0.1) is 5.10 Å². The maximum absolute atomic E-state index is 13.1. The summed E-state index contributed by atoms with van der Waals surface area (Å²) in [6.45, 7) is 5.20. The monoisotopic (exact) mass is 569 g/mol. The summed E-state index contributed by atoms with van der Waals surface area (Å²) in [6, 6.07) is 10.8. The lowest BCUT2D eigenvalue weighted by Gasteiger charge is -2.26. The van der Waals surface area contributed by atoms with Gasteiger partial charge in [-0.25, -0.2) is 9.18 Å². The highest BCUT2D eigenvalue weighted by molar-refractivity contribution is 6.04. The largest absolute Gasteiger partial charge is 0.496 e. The number of ether oxygens (including phenoxy) is 2. The van der Waals surface area contributed by atoms with Gasteiger partial charge in [0, 0.05) is 37.0 Å². The number of rotatable bonds is 9. The van der Waals surface area contributed by atoms with Crippen LogP contribution in [0.2, 0.25) is 0 Å². The highest BCUT2D eigenvalue weighted by atomic mass is 19.4. The number of benzene rings is 2. The zero-order chi connectivity index (χ0) is 29.1. The average Bonchev–Trinajstić information content (AvgIpc) is 3.40. The molecule has 1 aliphatic rings. The predicted octanol–water partition coefficient (Wildman–Crippen LogP) is 3.90. The molecule has 40 heavy (non-hydrogen) atoms. The van der Waals surface area contributed by atoms with E-state index in [0.29, 0.717) is 41.0 Å². The first kappa shape index (κ1) is 30.3. The van der Waals surface area contributed by atoms with E-state index in [0.717, 1.165) is 39.3 Å². The summed E-state index contributed by atoms with van der Waals surface area (Å²) in [5.41, 5.74) is 1.47. The van der Waals surface area contributed by atoms with Gasteiger partial charge in [-0.05, 0) is 49.4 Å². The Morgan fingerprint density at radius 1 is 1.10 bits per heavy atom. The fourth-order valence-corrected chi connectivity index (χ4v) is 3.48. The van der Waals surface area contributed by atoms with Gasteiger partial charge in [-0.1, -0.05) is 5.10 Å². The normalized spacial score (nSPS) is 13.6. The molecule has 4 rings (SSSR count). The van der Waals surface area contributed by atoms with E-state index in [-0.39, 0.29) is 5.91 Å². The van der Waals surface area contributed by atoms with Crippen molar-refractivity contribution in [3.05, 3.63) is 53.8 Å². The number of amides is 1. The molecule has 1 aromatic heterocycles. The van der Waals surface area contributed by atoms with Gasteiger partial charge in [-0.2, -0.15) is 13.2 Å². The van der Waals surface area contributed by atoms with Crippen molar-refractivity contribution in [3.8, 4) is 17.2 Å². The first-order chi connectivity index (χ1) is 19.1. The number of morpholine rings is 1. The van der Waals surface area contributed by atoms with Crippen LogP contribution < -0.4 is 15.4 Å². The highest BCUT2D eigenvalue weighted by Gasteiger charge is 2.38. The molecule has 2 aromatic carbocycles. The minimum atomic E-state index is -5.08. The van der Waals surface area contributed by atoms with E-state index < -0.39 is 18.0 Å². The molecule has 0 aliphatic carbocycles. The molecule has 0 saturated carbocycles. The summed E-state index contributed by atoms with van der Waals surface area (Å²) in [7, 11) is 1.52. The van der Waals surface area contributed by atoms with Gasteiger partial charge in [-0.3, -0.25) is 9.69 Å². The Kier molecular flexibility index (Phi) is 10.8. The molecule has 1 saturated heterocycles. The maximum atomic E-state index is 13.1. The number of nitrogens with one attached hydrogen (secondary N) is 2. The second kappa shape index (κ2) is 14.2. The van der Waals surface area contributed by atoms with E-state index in [1.54, 1.807) is 18.2 Å². The number of hydrogen-bond donors (Lipinski definition) is 3. The number of carboxylic acids is 1. The lowest BCUT2D eigenvalue weighted by Crippen LogP contribution is -2.37. The molecule has 0 atom stereocenters. The summed E-state index contributed by atoms with van der Waals surface area (Å²) in [6.07, 6.45) is -4.14. The number of methoxy groups -OCH3 is 1. The van der Waals surface area contributed by atoms with Crippen molar-refractivity contribution in [1.82, 2.24) is 15.1 Å². The molecule has 15 heteroatoms. The summed E-state index contributed by atoms with van der Waals surface area (Å²) in [5, 5.41) is 21.2. The third-order valence-electron chi connectivity index (χ3n) is 5.49. The van der Waals surface area contributed by atoms with Crippen molar-refractivity contribution >= 4 is 23.6 Å². The van der Waals surface area contributed by atoms with Crippen LogP contribution in [-0.2, 0) is 9.53 Å². The third kappa shape index (κ3) is 9.20. The molecule has 216 valence electrons. The summed E-state index contributed by atoms with van der Waals surface area (Å²) < 4.78 is 61.3. The van der Waals surface area contributed by atoms with Crippen LogP contribution in [0.4, 0.5) is 29.3 Å². The number of carbonyl (C=O) groups excluding carboxylic acids is 1. The van der Waals surface area contributed by atoms with E-state index >= 15 is 0 Å². The second-order valence-electron chi connectivity index (χ2n) is 8.33. The zero-order valence-corrected chi connectivity index (χ0v) is 21.3. The minimum Gasteiger partial charge on any atom is -0.496 e. The molecule has 0 unspecified atom stereocenters. The number of alkyl halides is 3. The number of hydrogen-bond acceptors (Lipinski definition) is 9. The Balaban J connectivity index is 0.000000559. The van der Waals surface area contributed by atoms with Crippen LogP contribution in [0.25, 0.3) is 11.5 Å². The number of aromatic nitrogens is 2. The van der Waals surface area contributed by atoms with E-state index in [1.165, 1.54) is 31.4 Å². The molecule has 0 spiro atoms. The maximum Gasteiger partial charge on any atom is 0.490 e. The SMILES string of the molecule is COc1cc(NC(=O)c2ccc(F)cc2)ccc1-c1nnc(NCCCN2CCOCC2)o1.O=C(O)C(F)(F)F. The van der Waals surface area contributed by atoms with Crippen LogP contribution in [0.1, 0.15) is 16.8 Å². The van der Waals surface area contributed by atoms with Gasteiger partial charge in [0.1, 0.15) is 11.6 Å². The quantitative estimate of drug-likeness (QED) is 0.257. The zero-order valence-electron chi connectivity index (χ0n) is 21.3. The van der Waals surface area contributed by atoms with Gasteiger partial charge in [0.25, 0.3) is 11.8 Å². The van der Waals surface area contributed by atoms with Crippen LogP contribution in [0, 0.1) is 5.82 Å². The molecule has 0 radical (unpaired) electrons. The van der Waals surface area contributed by atoms with Crippen molar-refractivity contribution in [2.24, 2.45) is 0 Å². The number of anilines is 2. The van der Waals surface area contributed by atoms with Crippen molar-refractivity contribution < 1.29 is 46.1 Å². The summed E-state index contributed by atoms with van der Waals surface area (Å²) >= 11 is 0. The number of aliphatic carboxylic acids is 1. The molecule has 0 bridgehead atoms. The van der Waals surface area contributed by atoms with Crippen LogP contribution in [0.5, 0.6) is 5.75 Å². The first-order valence-corrected chi connectivity index (χ1v) is 12.0. The predicted molar refractivity (Wildman–Crippen MR) is 135 cm³/mol. The lowest BCUT2D eigenvalue weighted by molar-refractivity contribution is -0.192. The Bertz CT molecular complexity index is 1260. The van der Waals surface area contributed by atoms with E-state index in [4.69, 9.17) is 23.8 Å². The summed E-state index contributed by atoms with van der Waals surface area (Å²) in [5.74, 6) is -2.74. The molecular formula is C25H27F4N5O6. The van der Waals surface area contributed by atoms with Gasteiger partial charge < -0.3 is 29.6 Å². The first-order valence-electron chi connectivity index (χ1n) is 12.0. The standard InChI is InChI=1S/C23H26FN5O4.C2HF3O2/c1-31-20-15-18(26-21(30)16-3-5-17(24)6-4-16)7-8-19(20)22-27-28-23(33-22)25-9-2-10-29-11-13-32-14-12-29;3-2(4,5)1(6)7/h3-8,15H,2,9-14H2,1H3,(H,25,28)(H,26,30);(H,6,7). The molecule has 1 fully saturated rings. The topological polar surface area (TPSA) is 139 Å². The van der Waals surface area contributed by atoms with Crippen molar-refractivity contribution in [3.63, 3.8) is 0 Å². The second-order valence-corrected chi connectivity index (χ2v) is 8.33. The van der Waals surface area contributed by atoms with Gasteiger partial charge in [0.15, 0.2) is 0 Å². The Hall–Kier alpha value is -4.24. The number of carboxylic acid groups (broad SMARTS) is 1. The Morgan fingerprint density at radius 3 is 2.40 bits per heavy atom.